The third-order valence-corrected chi connectivity index (χ3v) is 1.29. The van der Waals surface area contributed by atoms with Gasteiger partial charge in [-0.2, -0.15) is 0 Å². The van der Waals surface area contributed by atoms with Crippen molar-refractivity contribution in [3.8, 4) is 0 Å². The van der Waals surface area contributed by atoms with Crippen LogP contribution in [0.25, 0.3) is 0 Å². The van der Waals surface area contributed by atoms with Crippen LogP contribution in [0.4, 0.5) is 0 Å². The number of aliphatic imine (C=N–C) groups is 2. The van der Waals surface area contributed by atoms with E-state index >= 15 is 0 Å². The molecule has 0 N–H and O–H groups in total. The summed E-state index contributed by atoms with van der Waals surface area (Å²) in [5, 5.41) is 0. The van der Waals surface area contributed by atoms with E-state index < -0.39 is 0 Å². The van der Waals surface area contributed by atoms with Gasteiger partial charge in [-0.1, -0.05) is 12.7 Å². The Hall–Kier alpha value is -1.18. The molecule has 0 radical (unpaired) electrons. The van der Waals surface area contributed by atoms with Gasteiger partial charge >= 0.3 is 0 Å². The fraction of sp³-hybridized carbons (Fsp3) is 0.333. The minimum absolute atomic E-state index is 0.590. The summed E-state index contributed by atoms with van der Waals surface area (Å²) in [6.07, 6.45) is 3.67. The second-order valence-electron chi connectivity index (χ2n) is 2.03. The molecule has 2 heteroatoms. The van der Waals surface area contributed by atoms with Gasteiger partial charge in [0.05, 0.1) is 12.2 Å². The second kappa shape index (κ2) is 5.59. The van der Waals surface area contributed by atoms with E-state index in [1.807, 2.05) is 19.9 Å². The van der Waals surface area contributed by atoms with Crippen molar-refractivity contribution < 1.29 is 0 Å². The number of rotatable bonds is 4. The number of allylic oxidation sites excluding steroid dienone is 1. The van der Waals surface area contributed by atoms with Crippen molar-refractivity contribution >= 4 is 12.9 Å². The van der Waals surface area contributed by atoms with Crippen LogP contribution in [0.5, 0.6) is 0 Å². The van der Waals surface area contributed by atoms with Crippen LogP contribution in [0.2, 0.25) is 0 Å². The first-order valence-electron chi connectivity index (χ1n) is 3.51. The maximum Gasteiger partial charge on any atom is 0.0650 e. The summed E-state index contributed by atoms with van der Waals surface area (Å²) in [5.41, 5.74) is 1.79. The highest BCUT2D eigenvalue weighted by Gasteiger charge is 1.95. The molecule has 0 atom stereocenters. The molecule has 11 heavy (non-hydrogen) atoms. The summed E-state index contributed by atoms with van der Waals surface area (Å²) in [6.45, 7) is 11.6. The Kier molecular flexibility index (Phi) is 4.99. The van der Waals surface area contributed by atoms with Crippen LogP contribution in [0.15, 0.2) is 33.9 Å². The zero-order chi connectivity index (χ0) is 8.69. The van der Waals surface area contributed by atoms with Gasteiger partial charge in [0.2, 0.25) is 0 Å². The fourth-order valence-electron chi connectivity index (χ4n) is 0.708. The molecule has 0 amide bonds. The molecule has 0 aliphatic carbocycles. The molecule has 0 heterocycles. The maximum atomic E-state index is 4.04. The number of hydrogen-bond acceptors (Lipinski definition) is 2. The van der Waals surface area contributed by atoms with Gasteiger partial charge in [0, 0.05) is 6.21 Å². The second-order valence-corrected chi connectivity index (χ2v) is 2.03. The first kappa shape index (κ1) is 9.82. The lowest BCUT2D eigenvalue weighted by molar-refractivity contribution is 1.13. The van der Waals surface area contributed by atoms with Crippen molar-refractivity contribution in [2.75, 3.05) is 6.54 Å². The highest BCUT2D eigenvalue weighted by Crippen LogP contribution is 2.08. The smallest absolute Gasteiger partial charge is 0.0650 e. The Balaban J connectivity index is 4.27. The summed E-state index contributed by atoms with van der Waals surface area (Å²) < 4.78 is 0. The minimum atomic E-state index is 0.590. The lowest BCUT2D eigenvalue weighted by Crippen LogP contribution is -1.89. The van der Waals surface area contributed by atoms with Gasteiger partial charge in [0.15, 0.2) is 0 Å². The van der Waals surface area contributed by atoms with Crippen LogP contribution in [-0.4, -0.2) is 19.5 Å². The van der Waals surface area contributed by atoms with Gasteiger partial charge in [-0.25, -0.2) is 0 Å². The van der Waals surface area contributed by atoms with Gasteiger partial charge in [-0.3, -0.25) is 9.98 Å². The Labute approximate surface area is 68.1 Å². The third-order valence-electron chi connectivity index (χ3n) is 1.29. The van der Waals surface area contributed by atoms with Crippen molar-refractivity contribution in [3.63, 3.8) is 0 Å². The molecule has 0 aliphatic heterocycles. The molecule has 2 nitrogen and oxygen atoms in total. The number of nitrogens with zero attached hydrogens (tertiary/aromatic N) is 2. The molecule has 0 saturated heterocycles. The molecule has 60 valence electrons. The zero-order valence-electron chi connectivity index (χ0n) is 7.17. The van der Waals surface area contributed by atoms with Crippen LogP contribution in [0, 0.1) is 0 Å². The molecule has 0 rings (SSSR count). The topological polar surface area (TPSA) is 24.7 Å². The molecule has 0 fully saturated rings. The summed E-state index contributed by atoms with van der Waals surface area (Å²) in [4.78, 5) is 7.80. The summed E-state index contributed by atoms with van der Waals surface area (Å²) in [5.74, 6) is 0. The first-order valence-corrected chi connectivity index (χ1v) is 3.51. The van der Waals surface area contributed by atoms with Crippen molar-refractivity contribution in [1.29, 1.82) is 0 Å². The average molecular weight is 150 g/mol. The normalized spacial score (nSPS) is 12.0. The Morgan fingerprint density at radius 1 is 1.45 bits per heavy atom. The highest BCUT2D eigenvalue weighted by molar-refractivity contribution is 5.57. The van der Waals surface area contributed by atoms with Gasteiger partial charge in [0.1, 0.15) is 0 Å². The average Bonchev–Trinajstić information content (AvgIpc) is 2.00. The predicted octanol–water partition coefficient (Wildman–Crippen LogP) is 2.24. The maximum absolute atomic E-state index is 4.04. The van der Waals surface area contributed by atoms with E-state index in [0.717, 1.165) is 11.3 Å². The van der Waals surface area contributed by atoms with E-state index in [0.29, 0.717) is 6.54 Å². The molecular weight excluding hydrogens is 136 g/mol. The summed E-state index contributed by atoms with van der Waals surface area (Å²) >= 11 is 0. The van der Waals surface area contributed by atoms with Gasteiger partial charge in [0.25, 0.3) is 0 Å². The van der Waals surface area contributed by atoms with Gasteiger partial charge < -0.3 is 0 Å². The van der Waals surface area contributed by atoms with E-state index in [1.165, 1.54) is 0 Å². The van der Waals surface area contributed by atoms with Crippen LogP contribution in [0.1, 0.15) is 13.8 Å². The molecule has 0 aromatic rings. The van der Waals surface area contributed by atoms with Crippen molar-refractivity contribution in [2.45, 2.75) is 13.8 Å². The van der Waals surface area contributed by atoms with Crippen LogP contribution >= 0.6 is 0 Å². The van der Waals surface area contributed by atoms with Gasteiger partial charge in [-0.15, -0.1) is 0 Å². The van der Waals surface area contributed by atoms with Crippen molar-refractivity contribution in [2.24, 2.45) is 9.98 Å². The number of hydrogen-bond donors (Lipinski definition) is 0. The first-order chi connectivity index (χ1) is 5.26. The Bertz CT molecular complexity index is 200. The highest BCUT2D eigenvalue weighted by atomic mass is 14.8. The van der Waals surface area contributed by atoms with E-state index in [-0.39, 0.29) is 0 Å². The Morgan fingerprint density at radius 2 is 2.09 bits per heavy atom. The van der Waals surface area contributed by atoms with E-state index in [1.54, 1.807) is 6.21 Å². The fourth-order valence-corrected chi connectivity index (χ4v) is 0.708. The molecule has 0 aromatic heterocycles. The summed E-state index contributed by atoms with van der Waals surface area (Å²) in [7, 11) is 0. The molecule has 0 unspecified atom stereocenters. The lowest BCUT2D eigenvalue weighted by atomic mass is 10.2. The molecule has 0 aromatic carbocycles. The molecule has 0 aliphatic rings. The van der Waals surface area contributed by atoms with E-state index in [4.69, 9.17) is 0 Å². The standard InChI is InChI=1S/C9H14N2/c1-5-9(7-10-4)8(3)11-6-2/h5-6H,3-4,7H2,1-2H3/b9-5-,11-6?. The third kappa shape index (κ3) is 3.50. The van der Waals surface area contributed by atoms with Crippen LogP contribution in [0.3, 0.4) is 0 Å². The predicted molar refractivity (Wildman–Crippen MR) is 51.5 cm³/mol. The SMILES string of the molecule is C=NC/C(=C/C)C(=C)N=CC. The minimum Gasteiger partial charge on any atom is -0.296 e. The van der Waals surface area contributed by atoms with E-state index in [2.05, 4.69) is 23.3 Å². The van der Waals surface area contributed by atoms with Crippen molar-refractivity contribution in [3.05, 3.63) is 23.9 Å². The van der Waals surface area contributed by atoms with Gasteiger partial charge in [-0.05, 0) is 26.1 Å². The molecule has 0 spiro atoms. The largest absolute Gasteiger partial charge is 0.296 e. The monoisotopic (exact) mass is 150 g/mol. The summed E-state index contributed by atoms with van der Waals surface area (Å²) in [6, 6.07) is 0. The zero-order valence-corrected chi connectivity index (χ0v) is 7.17. The van der Waals surface area contributed by atoms with Crippen molar-refractivity contribution in [1.82, 2.24) is 0 Å². The van der Waals surface area contributed by atoms with E-state index in [9.17, 15) is 0 Å². The Morgan fingerprint density at radius 3 is 2.45 bits per heavy atom. The van der Waals surface area contributed by atoms with Crippen LogP contribution in [-0.2, 0) is 0 Å². The quantitative estimate of drug-likeness (QED) is 0.433. The molecule has 0 bridgehead atoms. The molecule has 0 saturated carbocycles. The lowest BCUT2D eigenvalue weighted by Gasteiger charge is -2.00. The van der Waals surface area contributed by atoms with Crippen LogP contribution < -0.4 is 0 Å². The molecular formula is C9H14N2.